The van der Waals surface area contributed by atoms with E-state index in [4.69, 9.17) is 4.98 Å². The smallest absolute Gasteiger partial charge is 0.256 e. The van der Waals surface area contributed by atoms with E-state index >= 15 is 0 Å². The van der Waals surface area contributed by atoms with Crippen LogP contribution in [0.2, 0.25) is 0 Å². The summed E-state index contributed by atoms with van der Waals surface area (Å²) in [6.07, 6.45) is 5.36. The molecule has 6 nitrogen and oxygen atoms in total. The van der Waals surface area contributed by atoms with Crippen LogP contribution in [0.5, 0.6) is 0 Å². The van der Waals surface area contributed by atoms with E-state index in [0.717, 1.165) is 50.0 Å². The van der Waals surface area contributed by atoms with Crippen LogP contribution in [0.15, 0.2) is 48.1 Å². The Labute approximate surface area is 189 Å². The van der Waals surface area contributed by atoms with Crippen LogP contribution < -0.4 is 5.32 Å². The number of ketones is 1. The van der Waals surface area contributed by atoms with Crippen molar-refractivity contribution < 1.29 is 9.59 Å². The predicted molar refractivity (Wildman–Crippen MR) is 128 cm³/mol. The van der Waals surface area contributed by atoms with Gasteiger partial charge < -0.3 is 10.3 Å². The van der Waals surface area contributed by atoms with E-state index in [-0.39, 0.29) is 11.7 Å². The van der Waals surface area contributed by atoms with Crippen molar-refractivity contribution in [1.29, 1.82) is 0 Å². The molecule has 0 spiro atoms. The number of hydrogen-bond donors (Lipinski definition) is 2. The van der Waals surface area contributed by atoms with Crippen LogP contribution in [-0.2, 0) is 4.79 Å². The van der Waals surface area contributed by atoms with Crippen molar-refractivity contribution in [3.63, 3.8) is 0 Å². The standard InChI is InChI=1S/C25H20N4O2S/c1-13-21(27-14(2)23(13)15(3)30)10-19-18-9-16(6-7-20(18)28-24(19)31)22-12-32-25(29-22)17-5-4-8-26-11-17/h4-12,27H,1-3H3,(H,28,31)/b19-10-. The first-order valence-corrected chi connectivity index (χ1v) is 11.0. The molecule has 0 aliphatic carbocycles. The number of carbonyl (C=O) groups excluding carboxylic acids is 2. The number of Topliss-reactive ketones (excluding diaryl/α,β-unsaturated/α-hetero) is 1. The minimum Gasteiger partial charge on any atom is -0.358 e. The van der Waals surface area contributed by atoms with E-state index in [1.54, 1.807) is 30.7 Å². The number of aryl methyl sites for hydroxylation is 1. The van der Waals surface area contributed by atoms with Crippen molar-refractivity contribution in [1.82, 2.24) is 15.0 Å². The number of aromatic amines is 1. The van der Waals surface area contributed by atoms with Gasteiger partial charge in [-0.3, -0.25) is 14.6 Å². The first-order valence-electron chi connectivity index (χ1n) is 10.2. The van der Waals surface area contributed by atoms with Crippen molar-refractivity contribution in [3.8, 4) is 21.8 Å². The Bertz CT molecular complexity index is 1410. The Kier molecular flexibility index (Phi) is 4.83. The number of carbonyl (C=O) groups is 2. The molecule has 0 radical (unpaired) electrons. The summed E-state index contributed by atoms with van der Waals surface area (Å²) in [5.74, 6) is -0.157. The highest BCUT2D eigenvalue weighted by atomic mass is 32.1. The van der Waals surface area contributed by atoms with Crippen LogP contribution in [0.1, 0.15) is 39.8 Å². The number of H-pyrrole nitrogens is 1. The lowest BCUT2D eigenvalue weighted by Gasteiger charge is -2.03. The lowest BCUT2D eigenvalue weighted by Crippen LogP contribution is -2.03. The summed E-state index contributed by atoms with van der Waals surface area (Å²) in [4.78, 5) is 36.9. The Morgan fingerprint density at radius 1 is 1.16 bits per heavy atom. The second-order valence-corrected chi connectivity index (χ2v) is 8.63. The second kappa shape index (κ2) is 7.69. The molecule has 4 aromatic rings. The molecule has 5 rings (SSSR count). The maximum absolute atomic E-state index is 12.7. The number of rotatable bonds is 4. The molecule has 1 aromatic carbocycles. The summed E-state index contributed by atoms with van der Waals surface area (Å²) in [7, 11) is 0. The number of anilines is 1. The zero-order chi connectivity index (χ0) is 22.4. The number of fused-ring (bicyclic) bond motifs is 1. The monoisotopic (exact) mass is 440 g/mol. The maximum atomic E-state index is 12.7. The normalized spacial score (nSPS) is 14.0. The number of pyridine rings is 1. The average Bonchev–Trinajstić information content (AvgIpc) is 3.45. The Hall–Kier alpha value is -3.84. The van der Waals surface area contributed by atoms with Crippen molar-refractivity contribution in [3.05, 3.63) is 76.2 Å². The van der Waals surface area contributed by atoms with Gasteiger partial charge in [-0.25, -0.2) is 4.98 Å². The van der Waals surface area contributed by atoms with E-state index in [1.165, 1.54) is 0 Å². The fourth-order valence-electron chi connectivity index (χ4n) is 4.11. The van der Waals surface area contributed by atoms with Gasteiger partial charge in [0.15, 0.2) is 5.78 Å². The fraction of sp³-hybridized carbons (Fsp3) is 0.120. The lowest BCUT2D eigenvalue weighted by molar-refractivity contribution is -0.110. The van der Waals surface area contributed by atoms with Gasteiger partial charge in [-0.15, -0.1) is 11.3 Å². The molecule has 1 aliphatic rings. The quantitative estimate of drug-likeness (QED) is 0.323. The molecule has 0 unspecified atom stereocenters. The molecule has 158 valence electrons. The van der Waals surface area contributed by atoms with Crippen molar-refractivity contribution in [2.45, 2.75) is 20.8 Å². The highest BCUT2D eigenvalue weighted by Gasteiger charge is 2.26. The fourth-order valence-corrected chi connectivity index (χ4v) is 4.93. The number of aromatic nitrogens is 3. The zero-order valence-electron chi connectivity index (χ0n) is 17.8. The molecule has 0 bridgehead atoms. The van der Waals surface area contributed by atoms with Crippen molar-refractivity contribution >= 4 is 40.4 Å². The van der Waals surface area contributed by atoms with E-state index in [2.05, 4.69) is 15.3 Å². The largest absolute Gasteiger partial charge is 0.358 e. The van der Waals surface area contributed by atoms with E-state index < -0.39 is 0 Å². The molecule has 2 N–H and O–H groups in total. The summed E-state index contributed by atoms with van der Waals surface area (Å²) >= 11 is 1.56. The third kappa shape index (κ3) is 3.36. The number of nitrogens with zero attached hydrogens (tertiary/aromatic N) is 2. The Balaban J connectivity index is 1.55. The van der Waals surface area contributed by atoms with Gasteiger partial charge in [0.25, 0.3) is 5.91 Å². The maximum Gasteiger partial charge on any atom is 0.256 e. The van der Waals surface area contributed by atoms with Gasteiger partial charge in [-0.2, -0.15) is 0 Å². The summed E-state index contributed by atoms with van der Waals surface area (Å²) in [6, 6.07) is 9.72. The molecule has 0 saturated heterocycles. The molecule has 32 heavy (non-hydrogen) atoms. The first-order chi connectivity index (χ1) is 15.4. The number of amides is 1. The summed E-state index contributed by atoms with van der Waals surface area (Å²) in [5, 5.41) is 5.83. The topological polar surface area (TPSA) is 87.7 Å². The molecule has 0 atom stereocenters. The van der Waals surface area contributed by atoms with Crippen LogP contribution in [0.4, 0.5) is 5.69 Å². The third-order valence-electron chi connectivity index (χ3n) is 5.63. The summed E-state index contributed by atoms with van der Waals surface area (Å²) in [5.41, 5.74) is 7.99. The molecule has 1 aliphatic heterocycles. The van der Waals surface area contributed by atoms with Crippen LogP contribution in [0, 0.1) is 13.8 Å². The minimum atomic E-state index is -0.164. The number of hydrogen-bond acceptors (Lipinski definition) is 5. The molecule has 1 amide bonds. The summed E-state index contributed by atoms with van der Waals surface area (Å²) in [6.45, 7) is 5.32. The van der Waals surface area contributed by atoms with Crippen LogP contribution in [0.25, 0.3) is 33.5 Å². The van der Waals surface area contributed by atoms with E-state index in [9.17, 15) is 9.59 Å². The lowest BCUT2D eigenvalue weighted by atomic mass is 10.0. The molecule has 0 saturated carbocycles. The van der Waals surface area contributed by atoms with Crippen molar-refractivity contribution in [2.75, 3.05) is 5.32 Å². The predicted octanol–water partition coefficient (Wildman–Crippen LogP) is 5.51. The third-order valence-corrected chi connectivity index (χ3v) is 6.52. The second-order valence-electron chi connectivity index (χ2n) is 7.77. The molecule has 3 aromatic heterocycles. The minimum absolute atomic E-state index is 0.00686. The average molecular weight is 441 g/mol. The summed E-state index contributed by atoms with van der Waals surface area (Å²) < 4.78 is 0. The zero-order valence-corrected chi connectivity index (χ0v) is 18.6. The van der Waals surface area contributed by atoms with Gasteiger partial charge in [0, 0.05) is 57.1 Å². The van der Waals surface area contributed by atoms with Gasteiger partial charge in [-0.05, 0) is 56.7 Å². The van der Waals surface area contributed by atoms with E-state index in [0.29, 0.717) is 11.1 Å². The van der Waals surface area contributed by atoms with Gasteiger partial charge >= 0.3 is 0 Å². The van der Waals surface area contributed by atoms with E-state index in [1.807, 2.05) is 55.6 Å². The van der Waals surface area contributed by atoms with Gasteiger partial charge in [0.2, 0.25) is 0 Å². The first kappa shape index (κ1) is 20.1. The molecule has 7 heteroatoms. The highest BCUT2D eigenvalue weighted by molar-refractivity contribution is 7.13. The number of nitrogens with one attached hydrogen (secondary N) is 2. The molecular weight excluding hydrogens is 420 g/mol. The number of thiazole rings is 1. The molecule has 0 fully saturated rings. The van der Waals surface area contributed by atoms with Gasteiger partial charge in [0.1, 0.15) is 5.01 Å². The SMILES string of the molecule is CC(=O)c1c(C)[nH]c(/C=C2\C(=O)Nc3ccc(-c4csc(-c5cccnc5)n4)cc32)c1C. The Morgan fingerprint density at radius 2 is 2.00 bits per heavy atom. The van der Waals surface area contributed by atoms with Gasteiger partial charge in [-0.1, -0.05) is 6.07 Å². The van der Waals surface area contributed by atoms with Crippen LogP contribution in [0.3, 0.4) is 0 Å². The van der Waals surface area contributed by atoms with Crippen molar-refractivity contribution in [2.24, 2.45) is 0 Å². The number of benzene rings is 1. The van der Waals surface area contributed by atoms with Crippen LogP contribution in [-0.4, -0.2) is 26.6 Å². The Morgan fingerprint density at radius 3 is 2.72 bits per heavy atom. The van der Waals surface area contributed by atoms with Crippen LogP contribution >= 0.6 is 11.3 Å². The highest BCUT2D eigenvalue weighted by Crippen LogP contribution is 2.38. The molecule has 4 heterocycles. The molecular formula is C25H20N4O2S. The van der Waals surface area contributed by atoms with Gasteiger partial charge in [0.05, 0.1) is 11.3 Å².